The Morgan fingerprint density at radius 3 is 2.95 bits per heavy atom. The summed E-state index contributed by atoms with van der Waals surface area (Å²) in [5, 5.41) is 8.78. The lowest BCUT2D eigenvalue weighted by atomic mass is 9.84. The van der Waals surface area contributed by atoms with E-state index < -0.39 is 0 Å². The quantitative estimate of drug-likeness (QED) is 0.784. The van der Waals surface area contributed by atoms with E-state index in [0.29, 0.717) is 23.2 Å². The van der Waals surface area contributed by atoms with E-state index in [2.05, 4.69) is 16.9 Å². The van der Waals surface area contributed by atoms with Crippen LogP contribution in [0.15, 0.2) is 18.3 Å². The molecule has 1 aromatic rings. The van der Waals surface area contributed by atoms with Crippen LogP contribution in [0.4, 0.5) is 0 Å². The summed E-state index contributed by atoms with van der Waals surface area (Å²) in [7, 11) is 2.19. The second-order valence-electron chi connectivity index (χ2n) is 6.03. The second-order valence-corrected chi connectivity index (χ2v) is 6.03. The molecule has 2 unspecified atom stereocenters. The molecule has 2 aliphatic heterocycles. The Morgan fingerprint density at radius 1 is 1.38 bits per heavy atom. The van der Waals surface area contributed by atoms with Gasteiger partial charge in [0.25, 0.3) is 5.91 Å². The first-order chi connectivity index (χ1) is 10.2. The number of aromatic nitrogens is 1. The van der Waals surface area contributed by atoms with Gasteiger partial charge in [-0.15, -0.1) is 0 Å². The number of likely N-dealkylation sites (tertiary alicyclic amines) is 2. The lowest BCUT2D eigenvalue weighted by Crippen LogP contribution is -2.54. The predicted molar refractivity (Wildman–Crippen MR) is 78.6 cm³/mol. The van der Waals surface area contributed by atoms with Crippen molar-refractivity contribution in [3.63, 3.8) is 0 Å². The fourth-order valence-corrected chi connectivity index (χ4v) is 3.59. The Labute approximate surface area is 125 Å². The third-order valence-electron chi connectivity index (χ3n) is 4.74. The molecular weight excluding hydrogens is 264 g/mol. The van der Waals surface area contributed by atoms with Crippen LogP contribution in [-0.4, -0.2) is 53.4 Å². The molecule has 0 aromatic carbocycles. The first-order valence-corrected chi connectivity index (χ1v) is 7.54. The number of hydrogen-bond acceptors (Lipinski definition) is 4. The van der Waals surface area contributed by atoms with Crippen molar-refractivity contribution >= 4 is 5.91 Å². The molecule has 2 fully saturated rings. The molecule has 1 aromatic heterocycles. The lowest BCUT2D eigenvalue weighted by molar-refractivity contribution is 0.0313. The molecule has 2 aliphatic rings. The molecule has 0 radical (unpaired) electrons. The third-order valence-corrected chi connectivity index (χ3v) is 4.74. The van der Waals surface area contributed by atoms with Gasteiger partial charge in [0.15, 0.2) is 0 Å². The minimum Gasteiger partial charge on any atom is -0.337 e. The molecule has 0 N–H and O–H groups in total. The lowest BCUT2D eigenvalue weighted by Gasteiger charge is -2.45. The number of hydrogen-bond donors (Lipinski definition) is 0. The maximum Gasteiger partial charge on any atom is 0.272 e. The number of pyridine rings is 1. The molecule has 5 heteroatoms. The molecular formula is C16H20N4O. The summed E-state index contributed by atoms with van der Waals surface area (Å²) in [6.45, 7) is 2.80. The Hall–Kier alpha value is -1.93. The molecule has 3 rings (SSSR count). The average molecular weight is 284 g/mol. The van der Waals surface area contributed by atoms with Gasteiger partial charge in [-0.2, -0.15) is 5.26 Å². The van der Waals surface area contributed by atoms with E-state index in [4.69, 9.17) is 5.26 Å². The van der Waals surface area contributed by atoms with Crippen LogP contribution in [0, 0.1) is 17.2 Å². The number of nitriles is 1. The van der Waals surface area contributed by atoms with Gasteiger partial charge < -0.3 is 9.80 Å². The van der Waals surface area contributed by atoms with Gasteiger partial charge in [-0.3, -0.25) is 4.79 Å². The molecule has 5 nitrogen and oxygen atoms in total. The first kappa shape index (κ1) is 14.0. The summed E-state index contributed by atoms with van der Waals surface area (Å²) in [6, 6.07) is 5.95. The highest BCUT2D eigenvalue weighted by molar-refractivity contribution is 5.92. The van der Waals surface area contributed by atoms with Crippen LogP contribution in [0.2, 0.25) is 0 Å². The number of carbonyl (C=O) groups excluding carboxylic acids is 1. The van der Waals surface area contributed by atoms with Gasteiger partial charge in [-0.1, -0.05) is 0 Å². The van der Waals surface area contributed by atoms with Crippen LogP contribution in [0.25, 0.3) is 0 Å². The molecule has 0 saturated carbocycles. The highest BCUT2D eigenvalue weighted by atomic mass is 16.2. The molecule has 1 amide bonds. The zero-order valence-electron chi connectivity index (χ0n) is 12.3. The first-order valence-electron chi connectivity index (χ1n) is 7.54. The maximum absolute atomic E-state index is 12.5. The smallest absolute Gasteiger partial charge is 0.272 e. The minimum absolute atomic E-state index is 0.00818. The Balaban J connectivity index is 1.69. The van der Waals surface area contributed by atoms with Crippen molar-refractivity contribution in [2.24, 2.45) is 5.92 Å². The van der Waals surface area contributed by atoms with Crippen molar-refractivity contribution in [3.05, 3.63) is 29.6 Å². The van der Waals surface area contributed by atoms with Crippen molar-refractivity contribution in [2.45, 2.75) is 25.3 Å². The van der Waals surface area contributed by atoms with Crippen LogP contribution in [0.3, 0.4) is 0 Å². The van der Waals surface area contributed by atoms with Gasteiger partial charge in [0.1, 0.15) is 11.8 Å². The number of rotatable bonds is 1. The summed E-state index contributed by atoms with van der Waals surface area (Å²) in [5.74, 6) is 0.575. The van der Waals surface area contributed by atoms with Crippen molar-refractivity contribution in [1.29, 1.82) is 5.26 Å². The molecule has 0 spiro atoms. The molecule has 3 heterocycles. The summed E-state index contributed by atoms with van der Waals surface area (Å²) in [5.41, 5.74) is 0.927. The maximum atomic E-state index is 12.5. The fourth-order valence-electron chi connectivity index (χ4n) is 3.59. The van der Waals surface area contributed by atoms with Gasteiger partial charge in [-0.25, -0.2) is 4.98 Å². The summed E-state index contributed by atoms with van der Waals surface area (Å²) >= 11 is 0. The van der Waals surface area contributed by atoms with Crippen molar-refractivity contribution < 1.29 is 4.79 Å². The molecule has 0 aliphatic carbocycles. The zero-order valence-corrected chi connectivity index (χ0v) is 12.3. The molecule has 2 saturated heterocycles. The van der Waals surface area contributed by atoms with Crippen LogP contribution < -0.4 is 0 Å². The van der Waals surface area contributed by atoms with Crippen molar-refractivity contribution in [3.8, 4) is 6.07 Å². The highest BCUT2D eigenvalue weighted by Crippen LogP contribution is 2.30. The van der Waals surface area contributed by atoms with Crippen molar-refractivity contribution in [1.82, 2.24) is 14.8 Å². The van der Waals surface area contributed by atoms with E-state index in [1.807, 2.05) is 11.0 Å². The van der Waals surface area contributed by atoms with E-state index in [1.54, 1.807) is 12.1 Å². The minimum atomic E-state index is -0.00818. The number of carbonyl (C=O) groups is 1. The molecule has 0 bridgehead atoms. The standard InChI is InChI=1S/C16H20N4O/c1-19-7-2-3-13-11-20(8-6-15(13)19)16(21)14-5-4-12(9-17)10-18-14/h4-5,10,13,15H,2-3,6-8,11H2,1H3. The van der Waals surface area contributed by atoms with Crippen LogP contribution in [0.1, 0.15) is 35.3 Å². The predicted octanol–water partition coefficient (Wildman–Crippen LogP) is 1.51. The van der Waals surface area contributed by atoms with Gasteiger partial charge in [0, 0.05) is 25.3 Å². The van der Waals surface area contributed by atoms with E-state index in [-0.39, 0.29) is 5.91 Å². The topological polar surface area (TPSA) is 60.2 Å². The van der Waals surface area contributed by atoms with Crippen LogP contribution >= 0.6 is 0 Å². The van der Waals surface area contributed by atoms with Crippen molar-refractivity contribution in [2.75, 3.05) is 26.7 Å². The number of fused-ring (bicyclic) bond motifs is 1. The SMILES string of the molecule is CN1CCCC2CN(C(=O)c3ccc(C#N)cn3)CCC21. The van der Waals surface area contributed by atoms with Gasteiger partial charge in [0.2, 0.25) is 0 Å². The second kappa shape index (κ2) is 5.82. The van der Waals surface area contributed by atoms with Crippen LogP contribution in [-0.2, 0) is 0 Å². The average Bonchev–Trinajstić information content (AvgIpc) is 2.54. The Kier molecular flexibility index (Phi) is 3.89. The largest absolute Gasteiger partial charge is 0.337 e. The normalized spacial score (nSPS) is 26.0. The van der Waals surface area contributed by atoms with Gasteiger partial charge in [-0.05, 0) is 50.9 Å². The fraction of sp³-hybridized carbons (Fsp3) is 0.562. The zero-order chi connectivity index (χ0) is 14.8. The third kappa shape index (κ3) is 2.77. The number of piperidine rings is 2. The van der Waals surface area contributed by atoms with Gasteiger partial charge in [0.05, 0.1) is 5.56 Å². The summed E-state index contributed by atoms with van der Waals surface area (Å²) < 4.78 is 0. The van der Waals surface area contributed by atoms with E-state index >= 15 is 0 Å². The number of amides is 1. The van der Waals surface area contributed by atoms with E-state index in [1.165, 1.54) is 25.6 Å². The number of nitrogens with zero attached hydrogens (tertiary/aromatic N) is 4. The van der Waals surface area contributed by atoms with Gasteiger partial charge >= 0.3 is 0 Å². The van der Waals surface area contributed by atoms with E-state index in [9.17, 15) is 4.79 Å². The highest BCUT2D eigenvalue weighted by Gasteiger charge is 2.36. The molecule has 110 valence electrons. The summed E-state index contributed by atoms with van der Waals surface area (Å²) in [6.07, 6.45) is 4.94. The van der Waals surface area contributed by atoms with E-state index in [0.717, 1.165) is 19.5 Å². The monoisotopic (exact) mass is 284 g/mol. The molecule has 21 heavy (non-hydrogen) atoms. The summed E-state index contributed by atoms with van der Waals surface area (Å²) in [4.78, 5) is 21.0. The molecule has 2 atom stereocenters. The Morgan fingerprint density at radius 2 is 2.24 bits per heavy atom. The van der Waals surface area contributed by atoms with Crippen LogP contribution in [0.5, 0.6) is 0 Å². The Bertz CT molecular complexity index is 563.